The van der Waals surface area contributed by atoms with E-state index < -0.39 is 0 Å². The average molecular weight is 239 g/mol. The van der Waals surface area contributed by atoms with Gasteiger partial charge in [-0.3, -0.25) is 10.1 Å². The minimum absolute atomic E-state index is 0.279. The third-order valence-electron chi connectivity index (χ3n) is 4.23. The molecule has 4 nitrogen and oxygen atoms in total. The Morgan fingerprint density at radius 2 is 2.00 bits per heavy atom. The van der Waals surface area contributed by atoms with Crippen LogP contribution >= 0.6 is 0 Å². The van der Waals surface area contributed by atoms with Gasteiger partial charge in [0.25, 0.3) is 0 Å². The highest BCUT2D eigenvalue weighted by Crippen LogP contribution is 2.19. The van der Waals surface area contributed by atoms with Crippen LogP contribution in [-0.4, -0.2) is 54.1 Å². The molecule has 1 amide bonds. The molecule has 17 heavy (non-hydrogen) atoms. The Hall–Kier alpha value is -0.610. The van der Waals surface area contributed by atoms with Crippen molar-refractivity contribution in [3.8, 4) is 0 Å². The van der Waals surface area contributed by atoms with Crippen molar-refractivity contribution in [2.45, 2.75) is 45.1 Å². The van der Waals surface area contributed by atoms with Gasteiger partial charge in [0.2, 0.25) is 5.91 Å². The maximum atomic E-state index is 12.1. The lowest BCUT2D eigenvalue weighted by molar-refractivity contribution is -0.132. The maximum Gasteiger partial charge on any atom is 0.243 e. The summed E-state index contributed by atoms with van der Waals surface area (Å²) < 4.78 is 0. The van der Waals surface area contributed by atoms with E-state index in [0.717, 1.165) is 32.6 Å². The van der Waals surface area contributed by atoms with Crippen LogP contribution < -0.4 is 5.32 Å². The highest BCUT2D eigenvalue weighted by atomic mass is 16.2. The van der Waals surface area contributed by atoms with Crippen LogP contribution in [0.5, 0.6) is 0 Å². The Kier molecular flexibility index (Phi) is 4.05. The monoisotopic (exact) mass is 239 g/mol. The van der Waals surface area contributed by atoms with Gasteiger partial charge in [-0.25, -0.2) is 0 Å². The number of nitrogens with one attached hydrogen (secondary N) is 1. The fourth-order valence-electron chi connectivity index (χ4n) is 2.71. The summed E-state index contributed by atoms with van der Waals surface area (Å²) in [5, 5.41) is 3.32. The van der Waals surface area contributed by atoms with Crippen LogP contribution in [0.25, 0.3) is 0 Å². The lowest BCUT2D eigenvalue weighted by Crippen LogP contribution is -2.43. The van der Waals surface area contributed by atoms with Crippen molar-refractivity contribution >= 4 is 5.91 Å². The van der Waals surface area contributed by atoms with Gasteiger partial charge < -0.3 is 9.80 Å². The molecule has 2 aliphatic rings. The van der Waals surface area contributed by atoms with Crippen molar-refractivity contribution in [3.63, 3.8) is 0 Å². The zero-order valence-electron chi connectivity index (χ0n) is 11.2. The van der Waals surface area contributed by atoms with Crippen LogP contribution in [0.2, 0.25) is 0 Å². The molecule has 1 unspecified atom stereocenters. The number of carbonyl (C=O) groups is 1. The summed E-state index contributed by atoms with van der Waals surface area (Å²) in [7, 11) is 0. The number of amides is 1. The molecule has 2 fully saturated rings. The van der Waals surface area contributed by atoms with Crippen molar-refractivity contribution in [1.29, 1.82) is 0 Å². The first-order valence-electron chi connectivity index (χ1n) is 6.92. The zero-order valence-corrected chi connectivity index (χ0v) is 11.2. The van der Waals surface area contributed by atoms with Gasteiger partial charge in [-0.1, -0.05) is 6.92 Å². The quantitative estimate of drug-likeness (QED) is 0.778. The molecule has 2 aliphatic heterocycles. The maximum absolute atomic E-state index is 12.1. The second kappa shape index (κ2) is 5.36. The third kappa shape index (κ3) is 2.80. The molecule has 0 bridgehead atoms. The van der Waals surface area contributed by atoms with Crippen LogP contribution in [0.15, 0.2) is 0 Å². The van der Waals surface area contributed by atoms with E-state index in [-0.39, 0.29) is 11.4 Å². The molecule has 1 N–H and O–H groups in total. The molecule has 0 aromatic rings. The highest BCUT2D eigenvalue weighted by Gasteiger charge is 2.40. The van der Waals surface area contributed by atoms with Crippen LogP contribution in [0.4, 0.5) is 0 Å². The molecule has 2 saturated heterocycles. The molecule has 1 atom stereocenters. The second-order valence-electron chi connectivity index (χ2n) is 5.49. The van der Waals surface area contributed by atoms with Gasteiger partial charge in [0, 0.05) is 6.54 Å². The smallest absolute Gasteiger partial charge is 0.243 e. The lowest BCUT2D eigenvalue weighted by atomic mass is 9.99. The molecule has 0 aromatic heterocycles. The van der Waals surface area contributed by atoms with E-state index in [4.69, 9.17) is 0 Å². The molecular formula is C13H25N3O. The van der Waals surface area contributed by atoms with E-state index in [1.54, 1.807) is 0 Å². The largest absolute Gasteiger partial charge is 0.328 e. The van der Waals surface area contributed by atoms with E-state index in [2.05, 4.69) is 17.1 Å². The number of rotatable bonds is 5. The minimum Gasteiger partial charge on any atom is -0.328 e. The van der Waals surface area contributed by atoms with Crippen molar-refractivity contribution < 1.29 is 4.79 Å². The Balaban J connectivity index is 1.71. The van der Waals surface area contributed by atoms with E-state index in [1.165, 1.54) is 25.9 Å². The van der Waals surface area contributed by atoms with Crippen molar-refractivity contribution in [2.24, 2.45) is 0 Å². The Bertz CT molecular complexity index is 276. The fraction of sp³-hybridized carbons (Fsp3) is 0.923. The molecule has 0 spiro atoms. The summed E-state index contributed by atoms with van der Waals surface area (Å²) >= 11 is 0. The van der Waals surface area contributed by atoms with Gasteiger partial charge in [-0.15, -0.1) is 0 Å². The van der Waals surface area contributed by atoms with E-state index >= 15 is 0 Å². The average Bonchev–Trinajstić information content (AvgIpc) is 2.93. The SMILES string of the molecule is CCC1(C)NCN(CCCN2CCCC2)C1=O. The molecule has 0 aliphatic carbocycles. The topological polar surface area (TPSA) is 35.6 Å². The number of hydrogen-bond acceptors (Lipinski definition) is 3. The van der Waals surface area contributed by atoms with Gasteiger partial charge in [-0.05, 0) is 52.2 Å². The summed E-state index contributed by atoms with van der Waals surface area (Å²) in [6.07, 6.45) is 4.66. The third-order valence-corrected chi connectivity index (χ3v) is 4.23. The standard InChI is InChI=1S/C13H25N3O/c1-3-13(2)12(17)16(11-14-13)10-6-9-15-7-4-5-8-15/h14H,3-11H2,1-2H3. The summed E-state index contributed by atoms with van der Waals surface area (Å²) in [6, 6.07) is 0. The molecule has 98 valence electrons. The van der Waals surface area contributed by atoms with Crippen molar-refractivity contribution in [2.75, 3.05) is 32.8 Å². The zero-order chi connectivity index (χ0) is 12.3. The number of nitrogens with zero attached hydrogens (tertiary/aromatic N) is 2. The number of likely N-dealkylation sites (tertiary alicyclic amines) is 1. The Morgan fingerprint density at radius 1 is 1.29 bits per heavy atom. The normalized spacial score (nSPS) is 30.5. The van der Waals surface area contributed by atoms with Gasteiger partial charge in [0.15, 0.2) is 0 Å². The molecule has 2 heterocycles. The van der Waals surface area contributed by atoms with Crippen molar-refractivity contribution in [1.82, 2.24) is 15.1 Å². The van der Waals surface area contributed by atoms with Crippen molar-refractivity contribution in [3.05, 3.63) is 0 Å². The predicted octanol–water partition coefficient (Wildman–Crippen LogP) is 1.03. The number of carbonyl (C=O) groups excluding carboxylic acids is 1. The molecular weight excluding hydrogens is 214 g/mol. The van der Waals surface area contributed by atoms with Crippen LogP contribution in [0.1, 0.15) is 39.5 Å². The van der Waals surface area contributed by atoms with Gasteiger partial charge in [0.1, 0.15) is 0 Å². The Morgan fingerprint density at radius 3 is 2.59 bits per heavy atom. The molecule has 0 radical (unpaired) electrons. The summed E-state index contributed by atoms with van der Waals surface area (Å²) in [5.41, 5.74) is -0.312. The van der Waals surface area contributed by atoms with E-state index in [1.807, 2.05) is 11.8 Å². The highest BCUT2D eigenvalue weighted by molar-refractivity contribution is 5.87. The first-order chi connectivity index (χ1) is 8.15. The summed E-state index contributed by atoms with van der Waals surface area (Å²) in [4.78, 5) is 16.6. The minimum atomic E-state index is -0.312. The molecule has 0 aromatic carbocycles. The van der Waals surface area contributed by atoms with Crippen LogP contribution in [0.3, 0.4) is 0 Å². The molecule has 0 saturated carbocycles. The van der Waals surface area contributed by atoms with E-state index in [0.29, 0.717) is 0 Å². The molecule has 2 rings (SSSR count). The Labute approximate surface area is 104 Å². The lowest BCUT2D eigenvalue weighted by Gasteiger charge is -2.22. The van der Waals surface area contributed by atoms with Gasteiger partial charge in [-0.2, -0.15) is 0 Å². The predicted molar refractivity (Wildman–Crippen MR) is 68.7 cm³/mol. The first kappa shape index (κ1) is 12.8. The van der Waals surface area contributed by atoms with Crippen LogP contribution in [0, 0.1) is 0 Å². The fourth-order valence-corrected chi connectivity index (χ4v) is 2.71. The van der Waals surface area contributed by atoms with Gasteiger partial charge >= 0.3 is 0 Å². The summed E-state index contributed by atoms with van der Waals surface area (Å²) in [6.45, 7) is 9.35. The first-order valence-corrected chi connectivity index (χ1v) is 6.92. The second-order valence-corrected chi connectivity index (χ2v) is 5.49. The van der Waals surface area contributed by atoms with E-state index in [9.17, 15) is 4.79 Å². The van der Waals surface area contributed by atoms with Gasteiger partial charge in [0.05, 0.1) is 12.2 Å². The number of hydrogen-bond donors (Lipinski definition) is 1. The van der Waals surface area contributed by atoms with Crippen LogP contribution in [-0.2, 0) is 4.79 Å². The molecule has 4 heteroatoms. The summed E-state index contributed by atoms with van der Waals surface area (Å²) in [5.74, 6) is 0.279.